The number of carbonyl (C=O) groups excluding carboxylic acids is 2. The number of nitrogens with zero attached hydrogens (tertiary/aromatic N) is 1. The quantitative estimate of drug-likeness (QED) is 0.908. The lowest BCUT2D eigenvalue weighted by Crippen LogP contribution is -2.12. The fourth-order valence-corrected chi connectivity index (χ4v) is 2.21. The Balaban J connectivity index is 2.05. The van der Waals surface area contributed by atoms with Gasteiger partial charge in [0, 0.05) is 23.6 Å². The van der Waals surface area contributed by atoms with E-state index in [9.17, 15) is 9.59 Å². The fraction of sp³-hybridized carbons (Fsp3) is 0.0714. The molecule has 102 valence electrons. The van der Waals surface area contributed by atoms with Crippen molar-refractivity contribution in [3.05, 3.63) is 47.5 Å². The molecule has 0 radical (unpaired) electrons. The Morgan fingerprint density at radius 3 is 2.50 bits per heavy atom. The Morgan fingerprint density at radius 1 is 1.25 bits per heavy atom. The highest BCUT2D eigenvalue weighted by atomic mass is 32.1. The van der Waals surface area contributed by atoms with Crippen LogP contribution in [0.5, 0.6) is 0 Å². The highest BCUT2D eigenvalue weighted by Gasteiger charge is 2.08. The van der Waals surface area contributed by atoms with Crippen LogP contribution in [0, 0.1) is 0 Å². The molecule has 0 fully saturated rings. The van der Waals surface area contributed by atoms with Crippen LogP contribution in [0.4, 0.5) is 10.8 Å². The number of anilines is 2. The lowest BCUT2D eigenvalue weighted by molar-refractivity contribution is -0.114. The first kappa shape index (κ1) is 14.0. The molecular weight excluding hydrogens is 274 g/mol. The van der Waals surface area contributed by atoms with E-state index in [0.717, 1.165) is 5.69 Å². The van der Waals surface area contributed by atoms with Crippen molar-refractivity contribution in [2.45, 2.75) is 6.92 Å². The molecular formula is C14H13N3O2S. The largest absolute Gasteiger partial charge is 0.326 e. The topological polar surface area (TPSA) is 71.1 Å². The molecule has 1 aromatic heterocycles. The summed E-state index contributed by atoms with van der Waals surface area (Å²) >= 11 is 1.34. The second-order valence-corrected chi connectivity index (χ2v) is 4.85. The van der Waals surface area contributed by atoms with Crippen molar-refractivity contribution in [2.75, 3.05) is 10.6 Å². The number of amides is 2. The van der Waals surface area contributed by atoms with Crippen LogP contribution in [0.25, 0.3) is 6.08 Å². The second kappa shape index (κ2) is 6.12. The molecule has 0 unspecified atom stereocenters. The molecule has 0 saturated heterocycles. The van der Waals surface area contributed by atoms with Gasteiger partial charge in [-0.25, -0.2) is 4.98 Å². The number of hydrogen-bond donors (Lipinski definition) is 2. The van der Waals surface area contributed by atoms with Crippen LogP contribution < -0.4 is 10.6 Å². The highest BCUT2D eigenvalue weighted by molar-refractivity contribution is 7.14. The number of benzene rings is 1. The Hall–Kier alpha value is -2.47. The first-order valence-electron chi connectivity index (χ1n) is 5.85. The predicted octanol–water partition coefficient (Wildman–Crippen LogP) is 3.00. The molecule has 6 heteroatoms. The molecule has 2 rings (SSSR count). The number of aromatic nitrogens is 1. The second-order valence-electron chi connectivity index (χ2n) is 3.99. The minimum Gasteiger partial charge on any atom is -0.326 e. The number of nitrogens with one attached hydrogen (secondary N) is 2. The Labute approximate surface area is 120 Å². The smallest absolute Gasteiger partial charge is 0.257 e. The van der Waals surface area contributed by atoms with Crippen molar-refractivity contribution in [2.24, 2.45) is 0 Å². The van der Waals surface area contributed by atoms with E-state index in [1.807, 2.05) is 5.38 Å². The standard InChI is InChI=1S/C14H13N3O2S/c1-3-11-8-20-14(16-11)17-13(19)10-4-6-12(7-5-10)15-9(2)18/h3-8H,1H2,2H3,(H,15,18)(H,16,17,19). The van der Waals surface area contributed by atoms with Crippen molar-refractivity contribution in [3.63, 3.8) is 0 Å². The van der Waals surface area contributed by atoms with Gasteiger partial charge in [0.25, 0.3) is 5.91 Å². The normalized spacial score (nSPS) is 9.85. The number of thiazole rings is 1. The van der Waals surface area contributed by atoms with Gasteiger partial charge in [0.1, 0.15) is 0 Å². The molecule has 0 bridgehead atoms. The molecule has 0 aliphatic rings. The van der Waals surface area contributed by atoms with Gasteiger partial charge in [-0.2, -0.15) is 0 Å². The molecule has 0 saturated carbocycles. The summed E-state index contributed by atoms with van der Waals surface area (Å²) in [6.45, 7) is 5.04. The van der Waals surface area contributed by atoms with E-state index in [2.05, 4.69) is 22.2 Å². The molecule has 1 heterocycles. The minimum absolute atomic E-state index is 0.151. The van der Waals surface area contributed by atoms with Crippen LogP contribution in [0.1, 0.15) is 23.0 Å². The fourth-order valence-electron chi connectivity index (χ4n) is 1.51. The SMILES string of the molecule is C=Cc1csc(NC(=O)c2ccc(NC(C)=O)cc2)n1. The van der Waals surface area contributed by atoms with E-state index >= 15 is 0 Å². The van der Waals surface area contributed by atoms with Crippen molar-refractivity contribution < 1.29 is 9.59 Å². The van der Waals surface area contributed by atoms with Crippen LogP contribution >= 0.6 is 11.3 Å². The maximum Gasteiger partial charge on any atom is 0.257 e. The van der Waals surface area contributed by atoms with E-state index in [1.165, 1.54) is 18.3 Å². The summed E-state index contributed by atoms with van der Waals surface area (Å²) in [6, 6.07) is 6.63. The zero-order valence-electron chi connectivity index (χ0n) is 10.8. The third-order valence-corrected chi connectivity index (χ3v) is 3.19. The Bertz CT molecular complexity index is 647. The summed E-state index contributed by atoms with van der Waals surface area (Å²) in [6.07, 6.45) is 1.62. The van der Waals surface area contributed by atoms with Crippen LogP contribution in [-0.4, -0.2) is 16.8 Å². The number of hydrogen-bond acceptors (Lipinski definition) is 4. The lowest BCUT2D eigenvalue weighted by Gasteiger charge is -2.04. The number of rotatable bonds is 4. The molecule has 0 aliphatic heterocycles. The van der Waals surface area contributed by atoms with E-state index in [1.54, 1.807) is 30.3 Å². The lowest BCUT2D eigenvalue weighted by atomic mass is 10.2. The minimum atomic E-state index is -0.246. The monoisotopic (exact) mass is 287 g/mol. The molecule has 2 N–H and O–H groups in total. The molecule has 2 aromatic rings. The molecule has 0 spiro atoms. The van der Waals surface area contributed by atoms with Crippen molar-refractivity contribution in [3.8, 4) is 0 Å². The van der Waals surface area contributed by atoms with Crippen molar-refractivity contribution >= 4 is 40.0 Å². The molecule has 2 amide bonds. The first-order valence-corrected chi connectivity index (χ1v) is 6.73. The summed E-state index contributed by atoms with van der Waals surface area (Å²) in [5.41, 5.74) is 1.87. The van der Waals surface area contributed by atoms with Crippen molar-refractivity contribution in [1.82, 2.24) is 4.98 Å². The van der Waals surface area contributed by atoms with Crippen LogP contribution in [0.2, 0.25) is 0 Å². The van der Waals surface area contributed by atoms with Crippen molar-refractivity contribution in [1.29, 1.82) is 0 Å². The number of carbonyl (C=O) groups is 2. The van der Waals surface area contributed by atoms with Gasteiger partial charge in [0.15, 0.2) is 5.13 Å². The Kier molecular flexibility index (Phi) is 4.27. The van der Waals surface area contributed by atoms with Gasteiger partial charge >= 0.3 is 0 Å². The Morgan fingerprint density at radius 2 is 1.95 bits per heavy atom. The van der Waals surface area contributed by atoms with Crippen LogP contribution in [-0.2, 0) is 4.79 Å². The van der Waals surface area contributed by atoms with Gasteiger partial charge in [-0.3, -0.25) is 14.9 Å². The zero-order valence-corrected chi connectivity index (χ0v) is 11.7. The van der Waals surface area contributed by atoms with E-state index in [4.69, 9.17) is 0 Å². The van der Waals surface area contributed by atoms with Crippen LogP contribution in [0.3, 0.4) is 0 Å². The predicted molar refractivity (Wildman–Crippen MR) is 80.9 cm³/mol. The van der Waals surface area contributed by atoms with Gasteiger partial charge in [-0.1, -0.05) is 6.58 Å². The third kappa shape index (κ3) is 3.52. The summed E-state index contributed by atoms with van der Waals surface area (Å²) in [4.78, 5) is 27.0. The van der Waals surface area contributed by atoms with Crippen LogP contribution in [0.15, 0.2) is 36.2 Å². The van der Waals surface area contributed by atoms with E-state index < -0.39 is 0 Å². The van der Waals surface area contributed by atoms with E-state index in [0.29, 0.717) is 16.4 Å². The third-order valence-electron chi connectivity index (χ3n) is 2.42. The summed E-state index contributed by atoms with van der Waals surface area (Å²) in [7, 11) is 0. The first-order chi connectivity index (χ1) is 9.58. The van der Waals surface area contributed by atoms with E-state index in [-0.39, 0.29) is 11.8 Å². The van der Waals surface area contributed by atoms with Gasteiger partial charge in [0.05, 0.1) is 5.69 Å². The average molecular weight is 287 g/mol. The molecule has 5 nitrogen and oxygen atoms in total. The average Bonchev–Trinajstić information content (AvgIpc) is 2.86. The molecule has 0 atom stereocenters. The van der Waals surface area contributed by atoms with Gasteiger partial charge in [-0.15, -0.1) is 11.3 Å². The zero-order chi connectivity index (χ0) is 14.5. The summed E-state index contributed by atoms with van der Waals surface area (Å²) in [5.74, 6) is -0.397. The van der Waals surface area contributed by atoms with Gasteiger partial charge in [-0.05, 0) is 30.3 Å². The summed E-state index contributed by atoms with van der Waals surface area (Å²) < 4.78 is 0. The van der Waals surface area contributed by atoms with Gasteiger partial charge in [0.2, 0.25) is 5.91 Å². The molecule has 0 aliphatic carbocycles. The summed E-state index contributed by atoms with van der Waals surface area (Å²) in [5, 5.41) is 7.68. The molecule has 1 aromatic carbocycles. The maximum absolute atomic E-state index is 12.0. The van der Waals surface area contributed by atoms with Gasteiger partial charge < -0.3 is 5.32 Å². The highest BCUT2D eigenvalue weighted by Crippen LogP contribution is 2.17. The maximum atomic E-state index is 12.0. The molecule has 20 heavy (non-hydrogen) atoms.